The average molecular weight is 198 g/mol. The van der Waals surface area contributed by atoms with Crippen molar-refractivity contribution in [3.8, 4) is 0 Å². The first-order valence-electron chi connectivity index (χ1n) is 3.65. The number of H-pyrrole nitrogens is 1. The van der Waals surface area contributed by atoms with Gasteiger partial charge in [0.1, 0.15) is 5.82 Å². The van der Waals surface area contributed by atoms with E-state index in [1.165, 1.54) is 24.4 Å². The topological polar surface area (TPSA) is 32.9 Å². The third-order valence-electron chi connectivity index (χ3n) is 1.81. The number of pyridine rings is 1. The maximum Gasteiger partial charge on any atom is 0.248 e. The standard InChI is InChI=1S/C9H5ClFNO/c10-9-6-4-12-8(13)3-5(6)1-2-7(9)11/h1-4H,(H,12,13). The molecule has 0 radical (unpaired) electrons. The summed E-state index contributed by atoms with van der Waals surface area (Å²) in [5.41, 5.74) is -0.227. The van der Waals surface area contributed by atoms with Crippen molar-refractivity contribution in [2.75, 3.05) is 0 Å². The van der Waals surface area contributed by atoms with Gasteiger partial charge in [-0.05, 0) is 11.5 Å². The Labute approximate surface area is 78.0 Å². The van der Waals surface area contributed by atoms with Crippen LogP contribution in [0.4, 0.5) is 4.39 Å². The summed E-state index contributed by atoms with van der Waals surface area (Å²) in [6.45, 7) is 0. The van der Waals surface area contributed by atoms with Crippen molar-refractivity contribution < 1.29 is 4.39 Å². The molecule has 0 aliphatic rings. The van der Waals surface area contributed by atoms with Gasteiger partial charge in [-0.25, -0.2) is 4.39 Å². The lowest BCUT2D eigenvalue weighted by Crippen LogP contribution is -2.01. The van der Waals surface area contributed by atoms with E-state index in [9.17, 15) is 9.18 Å². The van der Waals surface area contributed by atoms with Crippen molar-refractivity contribution in [3.63, 3.8) is 0 Å². The fourth-order valence-corrected chi connectivity index (χ4v) is 1.41. The number of rotatable bonds is 0. The van der Waals surface area contributed by atoms with Crippen LogP contribution in [0, 0.1) is 5.82 Å². The predicted octanol–water partition coefficient (Wildman–Crippen LogP) is 2.32. The van der Waals surface area contributed by atoms with Crippen LogP contribution >= 0.6 is 11.6 Å². The Hall–Kier alpha value is -1.35. The molecule has 0 bridgehead atoms. The SMILES string of the molecule is O=c1cc2ccc(F)c(Cl)c2c[nH]1. The normalized spacial score (nSPS) is 10.6. The Kier molecular flexibility index (Phi) is 1.81. The van der Waals surface area contributed by atoms with Crippen LogP contribution in [-0.4, -0.2) is 4.98 Å². The van der Waals surface area contributed by atoms with E-state index in [0.29, 0.717) is 10.8 Å². The molecule has 1 N–H and O–H groups in total. The van der Waals surface area contributed by atoms with Gasteiger partial charge in [-0.1, -0.05) is 17.7 Å². The molecule has 0 aliphatic heterocycles. The quantitative estimate of drug-likeness (QED) is 0.691. The Bertz CT molecular complexity index is 520. The summed E-state index contributed by atoms with van der Waals surface area (Å²) in [5.74, 6) is -0.485. The minimum atomic E-state index is -0.485. The molecule has 0 fully saturated rings. The zero-order valence-electron chi connectivity index (χ0n) is 6.47. The molecule has 2 nitrogen and oxygen atoms in total. The fraction of sp³-hybridized carbons (Fsp3) is 0. The summed E-state index contributed by atoms with van der Waals surface area (Å²) < 4.78 is 12.9. The number of benzene rings is 1. The van der Waals surface area contributed by atoms with Gasteiger partial charge in [-0.15, -0.1) is 0 Å². The minimum absolute atomic E-state index is 0.0359. The highest BCUT2D eigenvalue weighted by molar-refractivity contribution is 6.35. The average Bonchev–Trinajstić information content (AvgIpc) is 2.12. The molecule has 13 heavy (non-hydrogen) atoms. The van der Waals surface area contributed by atoms with E-state index in [-0.39, 0.29) is 10.6 Å². The Morgan fingerprint density at radius 3 is 2.92 bits per heavy atom. The summed E-state index contributed by atoms with van der Waals surface area (Å²) >= 11 is 5.68. The first-order chi connectivity index (χ1) is 6.18. The summed E-state index contributed by atoms with van der Waals surface area (Å²) in [7, 11) is 0. The second-order valence-electron chi connectivity index (χ2n) is 2.66. The van der Waals surface area contributed by atoms with Gasteiger partial charge in [0, 0.05) is 17.6 Å². The van der Waals surface area contributed by atoms with Crippen LogP contribution in [-0.2, 0) is 0 Å². The molecule has 1 aromatic heterocycles. The van der Waals surface area contributed by atoms with Crippen molar-refractivity contribution in [2.24, 2.45) is 0 Å². The number of aromatic amines is 1. The molecule has 66 valence electrons. The van der Waals surface area contributed by atoms with Gasteiger partial charge >= 0.3 is 0 Å². The third kappa shape index (κ3) is 1.31. The van der Waals surface area contributed by atoms with E-state index in [1.54, 1.807) is 0 Å². The van der Waals surface area contributed by atoms with E-state index in [1.807, 2.05) is 0 Å². The molecule has 4 heteroatoms. The molecule has 0 atom stereocenters. The van der Waals surface area contributed by atoms with Crippen LogP contribution in [0.25, 0.3) is 10.8 Å². The highest BCUT2D eigenvalue weighted by Crippen LogP contribution is 2.24. The number of nitrogens with one attached hydrogen (secondary N) is 1. The van der Waals surface area contributed by atoms with Gasteiger partial charge in [0.25, 0.3) is 0 Å². The van der Waals surface area contributed by atoms with Gasteiger partial charge in [-0.3, -0.25) is 4.79 Å². The van der Waals surface area contributed by atoms with E-state index >= 15 is 0 Å². The summed E-state index contributed by atoms with van der Waals surface area (Å²) in [4.78, 5) is 13.3. The highest BCUT2D eigenvalue weighted by Gasteiger charge is 2.04. The number of halogens is 2. The second kappa shape index (κ2) is 2.85. The zero-order valence-corrected chi connectivity index (χ0v) is 7.23. The second-order valence-corrected chi connectivity index (χ2v) is 3.04. The van der Waals surface area contributed by atoms with Crippen LogP contribution in [0.3, 0.4) is 0 Å². The lowest BCUT2D eigenvalue weighted by atomic mass is 10.2. The van der Waals surface area contributed by atoms with Crippen LogP contribution < -0.4 is 5.56 Å². The van der Waals surface area contributed by atoms with Crippen molar-refractivity contribution in [2.45, 2.75) is 0 Å². The Morgan fingerprint density at radius 1 is 1.38 bits per heavy atom. The van der Waals surface area contributed by atoms with E-state index in [4.69, 9.17) is 11.6 Å². The van der Waals surface area contributed by atoms with Crippen LogP contribution in [0.15, 0.2) is 29.2 Å². The van der Waals surface area contributed by atoms with Gasteiger partial charge < -0.3 is 4.98 Å². The molecular weight excluding hydrogens is 193 g/mol. The summed E-state index contributed by atoms with van der Waals surface area (Å²) in [6.07, 6.45) is 1.41. The number of hydrogen-bond donors (Lipinski definition) is 1. The molecule has 0 unspecified atom stereocenters. The lowest BCUT2D eigenvalue weighted by molar-refractivity contribution is 0.630. The smallest absolute Gasteiger partial charge is 0.248 e. The number of hydrogen-bond acceptors (Lipinski definition) is 1. The number of aromatic nitrogens is 1. The maximum atomic E-state index is 12.9. The highest BCUT2D eigenvalue weighted by atomic mass is 35.5. The maximum absolute atomic E-state index is 12.9. The van der Waals surface area contributed by atoms with E-state index < -0.39 is 5.82 Å². The van der Waals surface area contributed by atoms with Gasteiger partial charge in [0.15, 0.2) is 0 Å². The van der Waals surface area contributed by atoms with Crippen LogP contribution in [0.5, 0.6) is 0 Å². The first kappa shape index (κ1) is 8.26. The van der Waals surface area contributed by atoms with Crippen LogP contribution in [0.2, 0.25) is 5.02 Å². The first-order valence-corrected chi connectivity index (χ1v) is 4.03. The summed E-state index contributed by atoms with van der Waals surface area (Å²) in [5, 5.41) is 1.19. The Balaban J connectivity index is 2.95. The Morgan fingerprint density at radius 2 is 2.15 bits per heavy atom. The van der Waals surface area contributed by atoms with Gasteiger partial charge in [0.05, 0.1) is 5.02 Å². The molecular formula is C9H5ClFNO. The zero-order chi connectivity index (χ0) is 9.42. The van der Waals surface area contributed by atoms with Gasteiger partial charge in [-0.2, -0.15) is 0 Å². The van der Waals surface area contributed by atoms with Crippen LogP contribution in [0.1, 0.15) is 0 Å². The molecule has 1 heterocycles. The monoisotopic (exact) mass is 197 g/mol. The minimum Gasteiger partial charge on any atom is -0.328 e. The number of fused-ring (bicyclic) bond motifs is 1. The van der Waals surface area contributed by atoms with Crippen molar-refractivity contribution in [3.05, 3.63) is 45.6 Å². The van der Waals surface area contributed by atoms with Crippen molar-refractivity contribution in [1.82, 2.24) is 4.98 Å². The predicted molar refractivity (Wildman–Crippen MR) is 49.5 cm³/mol. The molecule has 0 spiro atoms. The molecule has 0 saturated carbocycles. The van der Waals surface area contributed by atoms with Crippen molar-refractivity contribution >= 4 is 22.4 Å². The molecule has 2 rings (SSSR count). The molecule has 0 aliphatic carbocycles. The van der Waals surface area contributed by atoms with E-state index in [2.05, 4.69) is 4.98 Å². The van der Waals surface area contributed by atoms with Crippen molar-refractivity contribution in [1.29, 1.82) is 0 Å². The lowest BCUT2D eigenvalue weighted by Gasteiger charge is -1.99. The molecule has 2 aromatic rings. The largest absolute Gasteiger partial charge is 0.328 e. The molecule has 0 saturated heterocycles. The molecule has 1 aromatic carbocycles. The van der Waals surface area contributed by atoms with E-state index in [0.717, 1.165) is 0 Å². The third-order valence-corrected chi connectivity index (χ3v) is 2.20. The molecule has 0 amide bonds. The van der Waals surface area contributed by atoms with Gasteiger partial charge in [0.2, 0.25) is 5.56 Å². The summed E-state index contributed by atoms with van der Waals surface area (Å²) in [6, 6.07) is 4.14. The fourth-order valence-electron chi connectivity index (χ4n) is 1.18.